The fraction of sp³-hybridized carbons (Fsp3) is 0. The molecule has 90 valence electrons. The van der Waals surface area contributed by atoms with Gasteiger partial charge in [-0.2, -0.15) is 0 Å². The fourth-order valence-corrected chi connectivity index (χ4v) is 2.10. The number of fused-ring (bicyclic) bond motifs is 1. The SMILES string of the molecule is Nc1ccc2[nH]c(-c3ccc(N)c(Br)c3)nc2n1. The van der Waals surface area contributed by atoms with E-state index in [1.807, 2.05) is 24.3 Å². The highest BCUT2D eigenvalue weighted by molar-refractivity contribution is 9.10. The number of hydrogen-bond acceptors (Lipinski definition) is 4. The number of halogens is 1. The molecule has 6 heteroatoms. The standard InChI is InChI=1S/C12H10BrN5/c13-7-5-6(1-2-8(7)14)11-16-9-3-4-10(15)17-12(9)18-11/h1-5H,14H2,(H3,15,16,17,18). The van der Waals surface area contributed by atoms with E-state index in [1.165, 1.54) is 0 Å². The highest BCUT2D eigenvalue weighted by atomic mass is 79.9. The van der Waals surface area contributed by atoms with Crippen molar-refractivity contribution in [1.82, 2.24) is 15.0 Å². The van der Waals surface area contributed by atoms with E-state index in [-0.39, 0.29) is 0 Å². The molecule has 0 unspecified atom stereocenters. The van der Waals surface area contributed by atoms with Crippen LogP contribution in [0.3, 0.4) is 0 Å². The molecule has 3 aromatic rings. The largest absolute Gasteiger partial charge is 0.398 e. The van der Waals surface area contributed by atoms with Gasteiger partial charge in [-0.1, -0.05) is 0 Å². The van der Waals surface area contributed by atoms with Crippen LogP contribution in [0.4, 0.5) is 11.5 Å². The minimum atomic E-state index is 0.457. The number of nitrogens with two attached hydrogens (primary N) is 2. The van der Waals surface area contributed by atoms with Crippen LogP contribution in [0.15, 0.2) is 34.8 Å². The van der Waals surface area contributed by atoms with Crippen molar-refractivity contribution in [2.24, 2.45) is 0 Å². The first-order chi connectivity index (χ1) is 8.63. The number of imidazole rings is 1. The summed E-state index contributed by atoms with van der Waals surface area (Å²) < 4.78 is 0.841. The van der Waals surface area contributed by atoms with Gasteiger partial charge in [-0.05, 0) is 46.3 Å². The second-order valence-corrected chi connectivity index (χ2v) is 4.78. The molecule has 0 fully saturated rings. The van der Waals surface area contributed by atoms with Crippen LogP contribution in [-0.2, 0) is 0 Å². The van der Waals surface area contributed by atoms with Gasteiger partial charge in [0, 0.05) is 15.7 Å². The molecule has 0 atom stereocenters. The molecule has 5 N–H and O–H groups in total. The first-order valence-corrected chi connectivity index (χ1v) is 6.10. The van der Waals surface area contributed by atoms with Gasteiger partial charge in [0.1, 0.15) is 11.6 Å². The Morgan fingerprint density at radius 1 is 1.06 bits per heavy atom. The summed E-state index contributed by atoms with van der Waals surface area (Å²) in [6.45, 7) is 0. The van der Waals surface area contributed by atoms with Crippen molar-refractivity contribution in [3.8, 4) is 11.4 Å². The summed E-state index contributed by atoms with van der Waals surface area (Å²) in [6.07, 6.45) is 0. The molecule has 0 saturated heterocycles. The molecule has 18 heavy (non-hydrogen) atoms. The first kappa shape index (κ1) is 11.0. The molecular weight excluding hydrogens is 294 g/mol. The second-order valence-electron chi connectivity index (χ2n) is 3.93. The number of nitrogen functional groups attached to an aromatic ring is 2. The van der Waals surface area contributed by atoms with E-state index in [9.17, 15) is 0 Å². The van der Waals surface area contributed by atoms with Crippen molar-refractivity contribution in [1.29, 1.82) is 0 Å². The molecule has 3 rings (SSSR count). The Labute approximate surface area is 111 Å². The van der Waals surface area contributed by atoms with Crippen LogP contribution in [0.5, 0.6) is 0 Å². The van der Waals surface area contributed by atoms with Crippen molar-refractivity contribution >= 4 is 38.6 Å². The molecule has 2 heterocycles. The zero-order valence-electron chi connectivity index (χ0n) is 9.31. The highest BCUT2D eigenvalue weighted by Crippen LogP contribution is 2.26. The zero-order valence-corrected chi connectivity index (χ0v) is 10.9. The van der Waals surface area contributed by atoms with Gasteiger partial charge in [0.2, 0.25) is 0 Å². The number of rotatable bonds is 1. The number of H-pyrrole nitrogens is 1. The maximum atomic E-state index is 5.76. The predicted octanol–water partition coefficient (Wildman–Crippen LogP) is 2.55. The molecule has 0 aliphatic heterocycles. The van der Waals surface area contributed by atoms with E-state index in [0.717, 1.165) is 21.4 Å². The number of aromatic amines is 1. The minimum absolute atomic E-state index is 0.457. The minimum Gasteiger partial charge on any atom is -0.398 e. The summed E-state index contributed by atoms with van der Waals surface area (Å²) in [5.41, 5.74) is 14.5. The van der Waals surface area contributed by atoms with Gasteiger partial charge in [0.25, 0.3) is 0 Å². The van der Waals surface area contributed by atoms with Crippen LogP contribution in [-0.4, -0.2) is 15.0 Å². The summed E-state index contributed by atoms with van der Waals surface area (Å²) >= 11 is 3.40. The molecule has 0 saturated carbocycles. The number of nitrogens with one attached hydrogen (secondary N) is 1. The summed E-state index contributed by atoms with van der Waals surface area (Å²) in [5.74, 6) is 1.20. The zero-order chi connectivity index (χ0) is 12.7. The third kappa shape index (κ3) is 1.80. The Morgan fingerprint density at radius 3 is 2.67 bits per heavy atom. The molecular formula is C12H10BrN5. The summed E-state index contributed by atoms with van der Waals surface area (Å²) in [7, 11) is 0. The van der Waals surface area contributed by atoms with E-state index >= 15 is 0 Å². The third-order valence-electron chi connectivity index (χ3n) is 2.64. The lowest BCUT2D eigenvalue weighted by Gasteiger charge is -2.00. The second kappa shape index (κ2) is 3.99. The van der Waals surface area contributed by atoms with Crippen LogP contribution < -0.4 is 11.5 Å². The Hall–Kier alpha value is -2.08. The van der Waals surface area contributed by atoms with Crippen molar-refractivity contribution < 1.29 is 0 Å². The number of nitrogens with zero attached hydrogens (tertiary/aromatic N) is 2. The Bertz CT molecular complexity index is 734. The van der Waals surface area contributed by atoms with E-state index in [0.29, 0.717) is 17.2 Å². The number of aromatic nitrogens is 3. The lowest BCUT2D eigenvalue weighted by molar-refractivity contribution is 1.30. The molecule has 0 aliphatic rings. The lowest BCUT2D eigenvalue weighted by Crippen LogP contribution is -1.88. The Kier molecular flexibility index (Phi) is 2.45. The summed E-state index contributed by atoms with van der Waals surface area (Å²) in [4.78, 5) is 11.8. The fourth-order valence-electron chi connectivity index (χ4n) is 1.72. The van der Waals surface area contributed by atoms with Crippen LogP contribution in [0.25, 0.3) is 22.6 Å². The third-order valence-corrected chi connectivity index (χ3v) is 3.33. The average Bonchev–Trinajstić information content (AvgIpc) is 2.75. The van der Waals surface area contributed by atoms with Crippen LogP contribution in [0.2, 0.25) is 0 Å². The number of benzene rings is 1. The van der Waals surface area contributed by atoms with Gasteiger partial charge in [-0.15, -0.1) is 0 Å². The monoisotopic (exact) mass is 303 g/mol. The molecule has 1 aromatic carbocycles. The van der Waals surface area contributed by atoms with Gasteiger partial charge >= 0.3 is 0 Å². The summed E-state index contributed by atoms with van der Waals surface area (Å²) in [6, 6.07) is 9.25. The molecule has 0 amide bonds. The van der Waals surface area contributed by atoms with Gasteiger partial charge in [-0.3, -0.25) is 0 Å². The van der Waals surface area contributed by atoms with E-state index in [4.69, 9.17) is 11.5 Å². The van der Waals surface area contributed by atoms with E-state index in [2.05, 4.69) is 30.9 Å². The first-order valence-electron chi connectivity index (χ1n) is 5.31. The molecule has 0 radical (unpaired) electrons. The quantitative estimate of drug-likeness (QED) is 0.602. The van der Waals surface area contributed by atoms with Crippen molar-refractivity contribution in [3.05, 3.63) is 34.8 Å². The number of anilines is 2. The van der Waals surface area contributed by atoms with Gasteiger partial charge in [0.05, 0.1) is 5.52 Å². The number of hydrogen-bond donors (Lipinski definition) is 3. The predicted molar refractivity (Wildman–Crippen MR) is 75.8 cm³/mol. The van der Waals surface area contributed by atoms with Crippen LogP contribution in [0.1, 0.15) is 0 Å². The van der Waals surface area contributed by atoms with Crippen molar-refractivity contribution in [3.63, 3.8) is 0 Å². The topological polar surface area (TPSA) is 93.6 Å². The maximum Gasteiger partial charge on any atom is 0.180 e. The molecule has 2 aromatic heterocycles. The number of pyridine rings is 1. The van der Waals surface area contributed by atoms with Gasteiger partial charge in [0.15, 0.2) is 5.65 Å². The smallest absolute Gasteiger partial charge is 0.180 e. The highest BCUT2D eigenvalue weighted by Gasteiger charge is 2.07. The van der Waals surface area contributed by atoms with Gasteiger partial charge < -0.3 is 16.5 Å². The van der Waals surface area contributed by atoms with Crippen LogP contribution in [0, 0.1) is 0 Å². The van der Waals surface area contributed by atoms with E-state index in [1.54, 1.807) is 6.07 Å². The van der Waals surface area contributed by atoms with Crippen molar-refractivity contribution in [2.75, 3.05) is 11.5 Å². The Morgan fingerprint density at radius 2 is 1.89 bits per heavy atom. The van der Waals surface area contributed by atoms with Crippen LogP contribution >= 0.6 is 15.9 Å². The van der Waals surface area contributed by atoms with E-state index < -0.39 is 0 Å². The van der Waals surface area contributed by atoms with Gasteiger partial charge in [-0.25, -0.2) is 9.97 Å². The molecule has 5 nitrogen and oxygen atoms in total. The maximum absolute atomic E-state index is 5.76. The van der Waals surface area contributed by atoms with Crippen molar-refractivity contribution in [2.45, 2.75) is 0 Å². The molecule has 0 bridgehead atoms. The lowest BCUT2D eigenvalue weighted by atomic mass is 10.2. The average molecular weight is 304 g/mol. The molecule has 0 aliphatic carbocycles. The summed E-state index contributed by atoms with van der Waals surface area (Å²) in [5, 5.41) is 0. The normalized spacial score (nSPS) is 10.9. The molecule has 0 spiro atoms. The Balaban J connectivity index is 2.16.